The first-order valence-electron chi connectivity index (χ1n) is 7.77. The van der Waals surface area contributed by atoms with Crippen LogP contribution >= 0.6 is 0 Å². The molecule has 0 radical (unpaired) electrons. The summed E-state index contributed by atoms with van der Waals surface area (Å²) in [6.45, 7) is 2.22. The van der Waals surface area contributed by atoms with E-state index >= 15 is 0 Å². The van der Waals surface area contributed by atoms with Crippen LogP contribution in [-0.2, 0) is 23.0 Å². The monoisotopic (exact) mass is 352 g/mol. The number of hydrogen-bond donors (Lipinski definition) is 2. The molecule has 2 N–H and O–H groups in total. The van der Waals surface area contributed by atoms with E-state index in [0.717, 1.165) is 12.8 Å². The van der Waals surface area contributed by atoms with E-state index in [1.807, 2.05) is 6.92 Å². The van der Waals surface area contributed by atoms with Crippen LogP contribution in [-0.4, -0.2) is 31.7 Å². The Morgan fingerprint density at radius 1 is 1.38 bits per heavy atom. The van der Waals surface area contributed by atoms with E-state index in [0.29, 0.717) is 29.6 Å². The van der Waals surface area contributed by atoms with Gasteiger partial charge in [0.05, 0.1) is 24.2 Å². The molecule has 1 heterocycles. The summed E-state index contributed by atoms with van der Waals surface area (Å²) in [5.41, 5.74) is 0.549. The average molecular weight is 352 g/mol. The molecule has 8 nitrogen and oxygen atoms in total. The van der Waals surface area contributed by atoms with Gasteiger partial charge in [0, 0.05) is 12.5 Å². The number of methoxy groups -OCH3 is 1. The number of rotatable bonds is 8. The molecule has 1 aromatic heterocycles. The minimum atomic E-state index is -3.52. The Hall–Kier alpha value is -2.13. The number of aromatic nitrogens is 2. The van der Waals surface area contributed by atoms with Crippen molar-refractivity contribution in [1.82, 2.24) is 14.9 Å². The van der Waals surface area contributed by atoms with Crippen molar-refractivity contribution >= 4 is 15.7 Å². The Morgan fingerprint density at radius 2 is 2.17 bits per heavy atom. The van der Waals surface area contributed by atoms with Crippen LogP contribution in [0.2, 0.25) is 0 Å². The summed E-state index contributed by atoms with van der Waals surface area (Å²) in [7, 11) is -2.00. The molecule has 0 atom stereocenters. The van der Waals surface area contributed by atoms with Crippen molar-refractivity contribution in [2.24, 2.45) is 0 Å². The van der Waals surface area contributed by atoms with E-state index in [1.165, 1.54) is 13.2 Å². The number of ether oxygens (including phenoxy) is 1. The van der Waals surface area contributed by atoms with Crippen LogP contribution in [0.5, 0.6) is 5.75 Å². The lowest BCUT2D eigenvalue weighted by atomic mass is 10.3. The molecule has 1 aliphatic carbocycles. The summed E-state index contributed by atoms with van der Waals surface area (Å²) in [6.07, 6.45) is 2.46. The van der Waals surface area contributed by atoms with Crippen LogP contribution < -0.4 is 14.8 Å². The standard InChI is InChI=1S/C15H20N4O4S/c1-3-14-17-15(23-18-14)9-16-12-8-11(6-7-13(12)22-2)24(20,21)19-10-4-5-10/h6-8,10,16,19H,3-5,9H2,1-2H3. The summed E-state index contributed by atoms with van der Waals surface area (Å²) >= 11 is 0. The summed E-state index contributed by atoms with van der Waals surface area (Å²) in [5, 5.41) is 6.91. The molecular weight excluding hydrogens is 332 g/mol. The minimum absolute atomic E-state index is 0.0550. The maximum atomic E-state index is 12.3. The molecule has 1 saturated carbocycles. The SMILES string of the molecule is CCc1noc(CNc2cc(S(=O)(=O)NC3CC3)ccc2OC)n1. The highest BCUT2D eigenvalue weighted by atomic mass is 32.2. The van der Waals surface area contributed by atoms with Crippen LogP contribution in [0, 0.1) is 0 Å². The zero-order valence-electron chi connectivity index (χ0n) is 13.6. The lowest BCUT2D eigenvalue weighted by molar-refractivity contribution is 0.377. The van der Waals surface area contributed by atoms with Crippen molar-refractivity contribution in [1.29, 1.82) is 0 Å². The van der Waals surface area contributed by atoms with Gasteiger partial charge in [-0.3, -0.25) is 0 Å². The Kier molecular flexibility index (Phi) is 4.72. The quantitative estimate of drug-likeness (QED) is 0.744. The van der Waals surface area contributed by atoms with Crippen molar-refractivity contribution in [2.75, 3.05) is 12.4 Å². The number of sulfonamides is 1. The second-order valence-corrected chi connectivity index (χ2v) is 7.28. The largest absolute Gasteiger partial charge is 0.495 e. The molecule has 1 fully saturated rings. The molecular formula is C15H20N4O4S. The number of benzene rings is 1. The number of nitrogens with zero attached hydrogens (tertiary/aromatic N) is 2. The Labute approximate surface area is 140 Å². The van der Waals surface area contributed by atoms with Gasteiger partial charge in [-0.25, -0.2) is 13.1 Å². The van der Waals surface area contributed by atoms with Crippen molar-refractivity contribution in [3.05, 3.63) is 29.9 Å². The zero-order chi connectivity index (χ0) is 17.2. The Morgan fingerprint density at radius 3 is 2.79 bits per heavy atom. The summed E-state index contributed by atoms with van der Waals surface area (Å²) in [5.74, 6) is 1.59. The normalized spacial score (nSPS) is 14.6. The summed E-state index contributed by atoms with van der Waals surface area (Å²) < 4.78 is 37.7. The fraction of sp³-hybridized carbons (Fsp3) is 0.467. The van der Waals surface area contributed by atoms with Gasteiger partial charge in [0.25, 0.3) is 0 Å². The Balaban J connectivity index is 1.78. The molecule has 3 rings (SSSR count). The number of hydrogen-bond acceptors (Lipinski definition) is 7. The predicted molar refractivity (Wildman–Crippen MR) is 87.3 cm³/mol. The second-order valence-electron chi connectivity index (χ2n) is 5.57. The first kappa shape index (κ1) is 16.7. The van der Waals surface area contributed by atoms with Crippen LogP contribution in [0.25, 0.3) is 0 Å². The van der Waals surface area contributed by atoms with Gasteiger partial charge < -0.3 is 14.6 Å². The molecule has 0 saturated heterocycles. The topological polar surface area (TPSA) is 106 Å². The van der Waals surface area contributed by atoms with Crippen molar-refractivity contribution in [2.45, 2.75) is 43.7 Å². The summed E-state index contributed by atoms with van der Waals surface area (Å²) in [4.78, 5) is 4.40. The molecule has 1 aromatic carbocycles. The molecule has 0 spiro atoms. The van der Waals surface area contributed by atoms with Gasteiger partial charge in [0.1, 0.15) is 5.75 Å². The highest BCUT2D eigenvalue weighted by Crippen LogP contribution is 2.29. The molecule has 0 amide bonds. The zero-order valence-corrected chi connectivity index (χ0v) is 14.4. The van der Waals surface area contributed by atoms with E-state index < -0.39 is 10.0 Å². The molecule has 9 heteroatoms. The van der Waals surface area contributed by atoms with Gasteiger partial charge >= 0.3 is 0 Å². The van der Waals surface area contributed by atoms with Gasteiger partial charge in [0.15, 0.2) is 5.82 Å². The van der Waals surface area contributed by atoms with Crippen molar-refractivity contribution in [3.63, 3.8) is 0 Å². The van der Waals surface area contributed by atoms with E-state index in [4.69, 9.17) is 9.26 Å². The molecule has 1 aliphatic rings. The van der Waals surface area contributed by atoms with Crippen LogP contribution in [0.4, 0.5) is 5.69 Å². The maximum Gasteiger partial charge on any atom is 0.245 e. The average Bonchev–Trinajstić information content (AvgIpc) is 3.25. The Bertz CT molecular complexity index is 815. The van der Waals surface area contributed by atoms with E-state index in [9.17, 15) is 8.42 Å². The highest BCUT2D eigenvalue weighted by Gasteiger charge is 2.28. The fourth-order valence-corrected chi connectivity index (χ4v) is 3.49. The van der Waals surface area contributed by atoms with Gasteiger partial charge in [-0.05, 0) is 31.0 Å². The molecule has 2 aromatic rings. The van der Waals surface area contributed by atoms with Crippen LogP contribution in [0.15, 0.2) is 27.6 Å². The van der Waals surface area contributed by atoms with Gasteiger partial charge in [0.2, 0.25) is 15.9 Å². The highest BCUT2D eigenvalue weighted by molar-refractivity contribution is 7.89. The van der Waals surface area contributed by atoms with Gasteiger partial charge in [-0.15, -0.1) is 0 Å². The van der Waals surface area contributed by atoms with E-state index in [2.05, 4.69) is 20.2 Å². The molecule has 130 valence electrons. The van der Waals surface area contributed by atoms with Gasteiger partial charge in [-0.2, -0.15) is 4.98 Å². The van der Waals surface area contributed by atoms with E-state index in [1.54, 1.807) is 12.1 Å². The van der Waals surface area contributed by atoms with Gasteiger partial charge in [-0.1, -0.05) is 12.1 Å². The van der Waals surface area contributed by atoms with Crippen molar-refractivity contribution in [3.8, 4) is 5.75 Å². The fourth-order valence-electron chi connectivity index (χ4n) is 2.16. The number of aryl methyl sites for hydroxylation is 1. The molecule has 0 aliphatic heterocycles. The summed E-state index contributed by atoms with van der Waals surface area (Å²) in [6, 6.07) is 4.74. The lowest BCUT2D eigenvalue weighted by Crippen LogP contribution is -2.25. The smallest absolute Gasteiger partial charge is 0.245 e. The molecule has 0 unspecified atom stereocenters. The van der Waals surface area contributed by atoms with Crippen LogP contribution in [0.3, 0.4) is 0 Å². The van der Waals surface area contributed by atoms with Crippen molar-refractivity contribution < 1.29 is 17.7 Å². The van der Waals surface area contributed by atoms with E-state index in [-0.39, 0.29) is 17.5 Å². The second kappa shape index (κ2) is 6.78. The molecule has 0 bridgehead atoms. The first-order chi connectivity index (χ1) is 11.5. The van der Waals surface area contributed by atoms with Crippen LogP contribution in [0.1, 0.15) is 31.5 Å². The first-order valence-corrected chi connectivity index (χ1v) is 9.26. The lowest BCUT2D eigenvalue weighted by Gasteiger charge is -2.12. The third kappa shape index (κ3) is 3.85. The number of nitrogens with one attached hydrogen (secondary N) is 2. The third-order valence-corrected chi connectivity index (χ3v) is 5.16. The molecule has 24 heavy (non-hydrogen) atoms. The number of anilines is 1. The predicted octanol–water partition coefficient (Wildman–Crippen LogP) is 1.69. The third-order valence-electron chi connectivity index (χ3n) is 3.64. The minimum Gasteiger partial charge on any atom is -0.495 e. The maximum absolute atomic E-state index is 12.3.